The van der Waals surface area contributed by atoms with E-state index in [4.69, 9.17) is 9.84 Å². The molecule has 1 aliphatic carbocycles. The smallest absolute Gasteiger partial charge is 0.332 e. The number of ether oxygens (including phenoxy) is 1. The molecule has 0 aromatic carbocycles. The zero-order valence-corrected chi connectivity index (χ0v) is 10.5. The molecule has 4 unspecified atom stereocenters. The molecule has 0 spiro atoms. The van der Waals surface area contributed by atoms with Crippen molar-refractivity contribution in [1.29, 1.82) is 0 Å². The van der Waals surface area contributed by atoms with E-state index in [0.29, 0.717) is 12.5 Å². The molecular weight excluding hydrogens is 218 g/mol. The first-order chi connectivity index (χ1) is 8.15. The third kappa shape index (κ3) is 3.68. The van der Waals surface area contributed by atoms with Crippen molar-refractivity contribution in [2.24, 2.45) is 5.92 Å². The average molecular weight is 241 g/mol. The first-order valence-electron chi connectivity index (χ1n) is 6.77. The van der Waals surface area contributed by atoms with Crippen LogP contribution in [0.3, 0.4) is 0 Å². The maximum Gasteiger partial charge on any atom is 0.332 e. The summed E-state index contributed by atoms with van der Waals surface area (Å²) >= 11 is 0. The summed E-state index contributed by atoms with van der Waals surface area (Å²) < 4.78 is 5.48. The highest BCUT2D eigenvalue weighted by atomic mass is 16.5. The van der Waals surface area contributed by atoms with E-state index < -0.39 is 12.1 Å². The van der Waals surface area contributed by atoms with Gasteiger partial charge in [0.15, 0.2) is 6.10 Å². The number of carboxylic acids is 1. The molecule has 0 aromatic heterocycles. The van der Waals surface area contributed by atoms with Gasteiger partial charge in [0, 0.05) is 12.6 Å². The summed E-state index contributed by atoms with van der Waals surface area (Å²) in [6.45, 7) is 3.11. The van der Waals surface area contributed by atoms with Gasteiger partial charge in [-0.25, -0.2) is 4.79 Å². The van der Waals surface area contributed by atoms with E-state index in [1.807, 2.05) is 0 Å². The van der Waals surface area contributed by atoms with Gasteiger partial charge in [0.2, 0.25) is 0 Å². The lowest BCUT2D eigenvalue weighted by atomic mass is 9.87. The molecule has 0 aromatic rings. The molecule has 2 fully saturated rings. The third-order valence-corrected chi connectivity index (χ3v) is 3.95. The lowest BCUT2D eigenvalue weighted by Gasteiger charge is -2.28. The molecule has 4 heteroatoms. The second-order valence-electron chi connectivity index (χ2n) is 5.54. The number of nitrogens with one attached hydrogen (secondary N) is 1. The summed E-state index contributed by atoms with van der Waals surface area (Å²) in [6.07, 6.45) is 6.19. The highest BCUT2D eigenvalue weighted by Gasteiger charge is 2.30. The summed E-state index contributed by atoms with van der Waals surface area (Å²) in [4.78, 5) is 10.8. The van der Waals surface area contributed by atoms with E-state index in [1.165, 1.54) is 25.7 Å². The number of carbonyl (C=O) groups is 1. The van der Waals surface area contributed by atoms with E-state index in [-0.39, 0.29) is 6.10 Å². The van der Waals surface area contributed by atoms with Crippen molar-refractivity contribution >= 4 is 5.97 Å². The summed E-state index contributed by atoms with van der Waals surface area (Å²) in [5.41, 5.74) is 0. The molecule has 2 aliphatic rings. The van der Waals surface area contributed by atoms with Crippen LogP contribution in [0.4, 0.5) is 0 Å². The topological polar surface area (TPSA) is 58.6 Å². The molecule has 0 amide bonds. The normalized spacial score (nSPS) is 38.2. The van der Waals surface area contributed by atoms with Crippen molar-refractivity contribution in [3.8, 4) is 0 Å². The largest absolute Gasteiger partial charge is 0.479 e. The van der Waals surface area contributed by atoms with Crippen molar-refractivity contribution in [1.82, 2.24) is 5.32 Å². The minimum absolute atomic E-state index is 0.0910. The Morgan fingerprint density at radius 1 is 1.35 bits per heavy atom. The fourth-order valence-corrected chi connectivity index (χ4v) is 2.96. The van der Waals surface area contributed by atoms with E-state index in [1.54, 1.807) is 0 Å². The van der Waals surface area contributed by atoms with Crippen LogP contribution in [-0.2, 0) is 9.53 Å². The van der Waals surface area contributed by atoms with Crippen LogP contribution in [0.1, 0.15) is 45.4 Å². The summed E-state index contributed by atoms with van der Waals surface area (Å²) in [5, 5.41) is 12.4. The van der Waals surface area contributed by atoms with Gasteiger partial charge in [0.1, 0.15) is 0 Å². The quantitative estimate of drug-likeness (QED) is 0.788. The molecule has 98 valence electrons. The lowest BCUT2D eigenvalue weighted by Crippen LogP contribution is -2.38. The van der Waals surface area contributed by atoms with Crippen molar-refractivity contribution in [3.05, 3.63) is 0 Å². The zero-order valence-electron chi connectivity index (χ0n) is 10.5. The van der Waals surface area contributed by atoms with Gasteiger partial charge < -0.3 is 15.2 Å². The molecule has 0 radical (unpaired) electrons. The predicted molar refractivity (Wildman–Crippen MR) is 65.0 cm³/mol. The number of hydrogen-bond donors (Lipinski definition) is 2. The Kier molecular flexibility index (Phi) is 4.40. The minimum Gasteiger partial charge on any atom is -0.479 e. The summed E-state index contributed by atoms with van der Waals surface area (Å²) in [6, 6.07) is 0.603. The third-order valence-electron chi connectivity index (χ3n) is 3.95. The van der Waals surface area contributed by atoms with E-state index in [0.717, 1.165) is 18.9 Å². The predicted octanol–water partition coefficient (Wildman–Crippen LogP) is 1.79. The highest BCUT2D eigenvalue weighted by Crippen LogP contribution is 2.24. The second-order valence-corrected chi connectivity index (χ2v) is 5.54. The lowest BCUT2D eigenvalue weighted by molar-refractivity contribution is -0.149. The van der Waals surface area contributed by atoms with Crippen molar-refractivity contribution in [3.63, 3.8) is 0 Å². The number of rotatable bonds is 4. The Bertz CT molecular complexity index is 269. The van der Waals surface area contributed by atoms with Gasteiger partial charge in [-0.1, -0.05) is 19.8 Å². The second kappa shape index (κ2) is 5.83. The van der Waals surface area contributed by atoms with Crippen molar-refractivity contribution < 1.29 is 14.6 Å². The molecule has 2 rings (SSSR count). The SMILES string of the molecule is CC1CCCC(NCC2CCC(C(=O)O)O2)C1. The first kappa shape index (κ1) is 12.8. The maximum atomic E-state index is 10.8. The van der Waals surface area contributed by atoms with Crippen LogP contribution in [0, 0.1) is 5.92 Å². The Labute approximate surface area is 103 Å². The van der Waals surface area contributed by atoms with Crippen LogP contribution in [0.25, 0.3) is 0 Å². The summed E-state index contributed by atoms with van der Waals surface area (Å²) in [5.74, 6) is -0.00342. The fourth-order valence-electron chi connectivity index (χ4n) is 2.96. The number of aliphatic carboxylic acids is 1. The van der Waals surface area contributed by atoms with Crippen LogP contribution >= 0.6 is 0 Å². The fraction of sp³-hybridized carbons (Fsp3) is 0.923. The van der Waals surface area contributed by atoms with Crippen LogP contribution in [0.2, 0.25) is 0 Å². The van der Waals surface area contributed by atoms with Gasteiger partial charge in [0.05, 0.1) is 6.10 Å². The van der Waals surface area contributed by atoms with Crippen LogP contribution in [-0.4, -0.2) is 35.9 Å². The Morgan fingerprint density at radius 3 is 2.82 bits per heavy atom. The Balaban J connectivity index is 1.67. The standard InChI is InChI=1S/C13H23NO3/c1-9-3-2-4-10(7-9)14-8-11-5-6-12(17-11)13(15)16/h9-12,14H,2-8H2,1H3,(H,15,16). The van der Waals surface area contributed by atoms with Crippen molar-refractivity contribution in [2.45, 2.75) is 63.7 Å². The Hall–Kier alpha value is -0.610. The van der Waals surface area contributed by atoms with Crippen LogP contribution in [0.5, 0.6) is 0 Å². The van der Waals surface area contributed by atoms with Gasteiger partial charge in [-0.05, 0) is 31.6 Å². The Morgan fingerprint density at radius 2 is 2.18 bits per heavy atom. The van der Waals surface area contributed by atoms with E-state index in [9.17, 15) is 4.79 Å². The van der Waals surface area contributed by atoms with Crippen molar-refractivity contribution in [2.75, 3.05) is 6.54 Å². The molecule has 4 atom stereocenters. The molecule has 17 heavy (non-hydrogen) atoms. The van der Waals surface area contributed by atoms with Gasteiger partial charge in [-0.3, -0.25) is 0 Å². The van der Waals surface area contributed by atoms with Gasteiger partial charge in [-0.2, -0.15) is 0 Å². The molecule has 2 N–H and O–H groups in total. The molecule has 1 heterocycles. The van der Waals surface area contributed by atoms with Gasteiger partial charge in [-0.15, -0.1) is 0 Å². The first-order valence-corrected chi connectivity index (χ1v) is 6.77. The van der Waals surface area contributed by atoms with Gasteiger partial charge >= 0.3 is 5.97 Å². The monoisotopic (exact) mass is 241 g/mol. The van der Waals surface area contributed by atoms with Gasteiger partial charge in [0.25, 0.3) is 0 Å². The highest BCUT2D eigenvalue weighted by molar-refractivity contribution is 5.72. The van der Waals surface area contributed by atoms with E-state index in [2.05, 4.69) is 12.2 Å². The molecule has 1 saturated carbocycles. The molecule has 1 saturated heterocycles. The molecule has 1 aliphatic heterocycles. The van der Waals surface area contributed by atoms with Crippen LogP contribution < -0.4 is 5.32 Å². The van der Waals surface area contributed by atoms with E-state index >= 15 is 0 Å². The maximum absolute atomic E-state index is 10.8. The molecule has 4 nitrogen and oxygen atoms in total. The number of hydrogen-bond acceptors (Lipinski definition) is 3. The molecule has 0 bridgehead atoms. The summed E-state index contributed by atoms with van der Waals surface area (Å²) in [7, 11) is 0. The zero-order chi connectivity index (χ0) is 12.3. The minimum atomic E-state index is -0.821. The molecular formula is C13H23NO3. The average Bonchev–Trinajstić information content (AvgIpc) is 2.75. The van der Waals surface area contributed by atoms with Crippen LogP contribution in [0.15, 0.2) is 0 Å². The number of carboxylic acid groups (broad SMARTS) is 1.